The molecular formula is C28H27N5O3. The summed E-state index contributed by atoms with van der Waals surface area (Å²) in [5.41, 5.74) is 5.03. The van der Waals surface area contributed by atoms with Crippen molar-refractivity contribution in [3.05, 3.63) is 107 Å². The smallest absolute Gasteiger partial charge is 0.255 e. The van der Waals surface area contributed by atoms with Crippen molar-refractivity contribution in [2.45, 2.75) is 26.5 Å². The molecule has 0 bridgehead atoms. The Kier molecular flexibility index (Phi) is 6.40. The van der Waals surface area contributed by atoms with Gasteiger partial charge in [-0.1, -0.05) is 54.1 Å². The van der Waals surface area contributed by atoms with E-state index in [0.717, 1.165) is 11.1 Å². The van der Waals surface area contributed by atoms with Gasteiger partial charge in [0.25, 0.3) is 5.91 Å². The molecule has 1 unspecified atom stereocenters. The van der Waals surface area contributed by atoms with E-state index >= 15 is 0 Å². The molecule has 0 saturated heterocycles. The first-order valence-electron chi connectivity index (χ1n) is 11.6. The van der Waals surface area contributed by atoms with Crippen LogP contribution in [0.25, 0.3) is 0 Å². The zero-order valence-corrected chi connectivity index (χ0v) is 20.4. The highest BCUT2D eigenvalue weighted by Gasteiger charge is 2.34. The summed E-state index contributed by atoms with van der Waals surface area (Å²) in [5.74, 6) is 1.52. The fraction of sp³-hybridized carbons (Fsp3) is 0.179. The maximum absolute atomic E-state index is 13.5. The Morgan fingerprint density at radius 3 is 2.56 bits per heavy atom. The predicted octanol–water partition coefficient (Wildman–Crippen LogP) is 5.10. The van der Waals surface area contributed by atoms with Crippen molar-refractivity contribution >= 4 is 17.5 Å². The van der Waals surface area contributed by atoms with Crippen LogP contribution in [0.4, 0.5) is 11.6 Å². The molecule has 4 aromatic rings. The highest BCUT2D eigenvalue weighted by atomic mass is 16.5. The van der Waals surface area contributed by atoms with Crippen molar-refractivity contribution in [1.29, 1.82) is 0 Å². The molecule has 0 saturated carbocycles. The Balaban J connectivity index is 1.47. The van der Waals surface area contributed by atoms with Crippen molar-refractivity contribution in [2.24, 2.45) is 0 Å². The zero-order valence-electron chi connectivity index (χ0n) is 20.4. The first-order valence-corrected chi connectivity index (χ1v) is 11.6. The molecule has 1 amide bonds. The molecule has 0 fully saturated rings. The van der Waals surface area contributed by atoms with Crippen LogP contribution in [0.1, 0.15) is 29.7 Å². The second kappa shape index (κ2) is 9.95. The van der Waals surface area contributed by atoms with Gasteiger partial charge in [-0.05, 0) is 49.2 Å². The zero-order chi connectivity index (χ0) is 25.1. The number of para-hydroxylation sites is 1. The number of hydrogen-bond acceptors (Lipinski definition) is 6. The van der Waals surface area contributed by atoms with Crippen LogP contribution >= 0.6 is 0 Å². The number of aryl methyl sites for hydroxylation is 1. The molecule has 2 N–H and O–H groups in total. The van der Waals surface area contributed by atoms with Crippen LogP contribution in [0.15, 0.2) is 90.4 Å². The monoisotopic (exact) mass is 481 g/mol. The van der Waals surface area contributed by atoms with E-state index in [-0.39, 0.29) is 5.91 Å². The van der Waals surface area contributed by atoms with Crippen molar-refractivity contribution in [3.8, 4) is 11.5 Å². The number of allylic oxidation sites excluding steroid dienone is 1. The van der Waals surface area contributed by atoms with E-state index in [4.69, 9.17) is 9.47 Å². The van der Waals surface area contributed by atoms with Crippen LogP contribution in [-0.4, -0.2) is 27.8 Å². The molecule has 1 aliphatic heterocycles. The van der Waals surface area contributed by atoms with Gasteiger partial charge in [-0.3, -0.25) is 4.79 Å². The van der Waals surface area contributed by atoms with Crippen LogP contribution < -0.4 is 20.1 Å². The number of aromatic nitrogens is 3. The molecule has 0 radical (unpaired) electrons. The number of fused-ring (bicyclic) bond motifs is 1. The van der Waals surface area contributed by atoms with Crippen LogP contribution in [0, 0.1) is 6.92 Å². The SMILES string of the molecule is COc1cc(C2C(C(=O)Nc3ccccc3)=C(C)Nc3ncnn32)ccc1OCc1ccc(C)cc1. The molecule has 0 aliphatic carbocycles. The minimum atomic E-state index is -0.507. The molecule has 1 atom stereocenters. The number of rotatable bonds is 7. The van der Waals surface area contributed by atoms with Crippen LogP contribution in [0.5, 0.6) is 11.5 Å². The van der Waals surface area contributed by atoms with Gasteiger partial charge in [0.2, 0.25) is 5.95 Å². The highest BCUT2D eigenvalue weighted by Crippen LogP contribution is 2.39. The number of anilines is 2. The minimum Gasteiger partial charge on any atom is -0.493 e. The first kappa shape index (κ1) is 23.2. The number of methoxy groups -OCH3 is 1. The van der Waals surface area contributed by atoms with Gasteiger partial charge >= 0.3 is 0 Å². The van der Waals surface area contributed by atoms with Crippen LogP contribution in [0.2, 0.25) is 0 Å². The second-order valence-corrected chi connectivity index (χ2v) is 8.60. The number of nitrogens with one attached hydrogen (secondary N) is 2. The first-order chi connectivity index (χ1) is 17.5. The molecule has 3 aromatic carbocycles. The van der Waals surface area contributed by atoms with E-state index in [1.807, 2.05) is 67.6 Å². The third-order valence-electron chi connectivity index (χ3n) is 6.09. The molecule has 1 aliphatic rings. The minimum absolute atomic E-state index is 0.226. The molecule has 182 valence electrons. The van der Waals surface area contributed by atoms with Gasteiger partial charge in [-0.2, -0.15) is 10.1 Å². The number of amides is 1. The lowest BCUT2D eigenvalue weighted by molar-refractivity contribution is -0.113. The summed E-state index contributed by atoms with van der Waals surface area (Å²) < 4.78 is 13.4. The van der Waals surface area contributed by atoms with E-state index in [1.54, 1.807) is 11.8 Å². The highest BCUT2D eigenvalue weighted by molar-refractivity contribution is 6.06. The topological polar surface area (TPSA) is 90.3 Å². The molecule has 5 rings (SSSR count). The van der Waals surface area contributed by atoms with Crippen molar-refractivity contribution < 1.29 is 14.3 Å². The van der Waals surface area contributed by atoms with E-state index < -0.39 is 6.04 Å². The number of carbonyl (C=O) groups is 1. The standard InChI is InChI=1S/C28H27N5O3/c1-18-9-11-20(12-10-18)16-36-23-14-13-21(15-24(23)35-3)26-25(19(2)31-28-29-17-30-33(26)28)27(34)32-22-7-5-4-6-8-22/h4-15,17,26H,16H2,1-3H3,(H,32,34)(H,29,30,31). The van der Waals surface area contributed by atoms with Crippen LogP contribution in [-0.2, 0) is 11.4 Å². The summed E-state index contributed by atoms with van der Waals surface area (Å²) in [7, 11) is 1.60. The Hall–Kier alpha value is -4.59. The summed E-state index contributed by atoms with van der Waals surface area (Å²) in [5, 5.41) is 10.6. The second-order valence-electron chi connectivity index (χ2n) is 8.60. The average Bonchev–Trinajstić information content (AvgIpc) is 3.36. The van der Waals surface area contributed by atoms with Gasteiger partial charge in [-0.15, -0.1) is 0 Å². The summed E-state index contributed by atoms with van der Waals surface area (Å²) in [6.07, 6.45) is 1.47. The maximum atomic E-state index is 13.5. The van der Waals surface area contributed by atoms with E-state index in [1.165, 1.54) is 11.9 Å². The molecule has 0 spiro atoms. The Morgan fingerprint density at radius 1 is 1.03 bits per heavy atom. The molecule has 2 heterocycles. The van der Waals surface area contributed by atoms with Gasteiger partial charge in [-0.25, -0.2) is 4.68 Å². The van der Waals surface area contributed by atoms with Crippen LogP contribution in [0.3, 0.4) is 0 Å². The number of hydrogen-bond donors (Lipinski definition) is 2. The van der Waals surface area contributed by atoms with Crippen molar-refractivity contribution in [3.63, 3.8) is 0 Å². The van der Waals surface area contributed by atoms with Gasteiger partial charge in [0.15, 0.2) is 11.5 Å². The van der Waals surface area contributed by atoms with E-state index in [2.05, 4.69) is 39.8 Å². The summed E-state index contributed by atoms with van der Waals surface area (Å²) in [6.45, 7) is 4.33. The van der Waals surface area contributed by atoms with Gasteiger partial charge in [0.1, 0.15) is 19.0 Å². The lowest BCUT2D eigenvalue weighted by atomic mass is 9.94. The molecule has 36 heavy (non-hydrogen) atoms. The Morgan fingerprint density at radius 2 is 1.81 bits per heavy atom. The lowest BCUT2D eigenvalue weighted by Gasteiger charge is -2.29. The maximum Gasteiger partial charge on any atom is 0.255 e. The van der Waals surface area contributed by atoms with Gasteiger partial charge in [0, 0.05) is 11.4 Å². The molecule has 1 aromatic heterocycles. The molecule has 8 heteroatoms. The quantitative estimate of drug-likeness (QED) is 0.382. The fourth-order valence-electron chi connectivity index (χ4n) is 4.23. The average molecular weight is 482 g/mol. The van der Waals surface area contributed by atoms with E-state index in [0.29, 0.717) is 41.0 Å². The van der Waals surface area contributed by atoms with Crippen molar-refractivity contribution in [2.75, 3.05) is 17.7 Å². The third-order valence-corrected chi connectivity index (χ3v) is 6.09. The number of ether oxygens (including phenoxy) is 2. The van der Waals surface area contributed by atoms with Crippen molar-refractivity contribution in [1.82, 2.24) is 14.8 Å². The largest absolute Gasteiger partial charge is 0.493 e. The molecule has 8 nitrogen and oxygen atoms in total. The third kappa shape index (κ3) is 4.65. The number of carbonyl (C=O) groups excluding carboxylic acids is 1. The number of benzene rings is 3. The van der Waals surface area contributed by atoms with E-state index in [9.17, 15) is 4.79 Å². The summed E-state index contributed by atoms with van der Waals surface area (Å²) >= 11 is 0. The fourth-order valence-corrected chi connectivity index (χ4v) is 4.23. The van der Waals surface area contributed by atoms with Gasteiger partial charge < -0.3 is 20.1 Å². The summed E-state index contributed by atoms with van der Waals surface area (Å²) in [4.78, 5) is 17.8. The number of nitrogens with zero attached hydrogens (tertiary/aromatic N) is 3. The Bertz CT molecular complexity index is 1410. The predicted molar refractivity (Wildman–Crippen MR) is 138 cm³/mol. The lowest BCUT2D eigenvalue weighted by Crippen LogP contribution is -2.31. The molecular weight excluding hydrogens is 454 g/mol. The summed E-state index contributed by atoms with van der Waals surface area (Å²) in [6, 6.07) is 22.7. The van der Waals surface area contributed by atoms with Gasteiger partial charge in [0.05, 0.1) is 12.7 Å². The Labute approximate surface area is 209 Å². The normalized spacial score (nSPS) is 14.6.